The van der Waals surface area contributed by atoms with E-state index in [-0.39, 0.29) is 18.7 Å². The van der Waals surface area contributed by atoms with Crippen molar-refractivity contribution in [1.82, 2.24) is 10.2 Å². The topological polar surface area (TPSA) is 88.1 Å². The molecule has 2 N–H and O–H groups in total. The number of likely N-dealkylation sites (tertiary alicyclic amines) is 1. The van der Waals surface area contributed by atoms with Gasteiger partial charge in [0.25, 0.3) is 0 Å². The monoisotopic (exact) mass is 364 g/mol. The summed E-state index contributed by atoms with van der Waals surface area (Å²) >= 11 is 0. The second-order valence-electron chi connectivity index (χ2n) is 6.38. The minimum atomic E-state index is -0.967. The molecule has 7 heteroatoms. The lowest BCUT2D eigenvalue weighted by molar-refractivity contribution is -0.138. The van der Waals surface area contributed by atoms with Crippen molar-refractivity contribution in [1.29, 1.82) is 0 Å². The van der Waals surface area contributed by atoms with Crippen LogP contribution in [0.15, 0.2) is 18.2 Å². The van der Waals surface area contributed by atoms with Crippen molar-refractivity contribution >= 4 is 11.9 Å². The van der Waals surface area contributed by atoms with Crippen LogP contribution in [-0.2, 0) is 16.0 Å². The van der Waals surface area contributed by atoms with Crippen molar-refractivity contribution < 1.29 is 24.2 Å². The van der Waals surface area contributed by atoms with Crippen molar-refractivity contribution in [2.24, 2.45) is 0 Å². The molecule has 26 heavy (non-hydrogen) atoms. The van der Waals surface area contributed by atoms with E-state index in [0.29, 0.717) is 25.3 Å². The van der Waals surface area contributed by atoms with Gasteiger partial charge in [-0.2, -0.15) is 0 Å². The number of benzene rings is 1. The van der Waals surface area contributed by atoms with Crippen molar-refractivity contribution in [2.45, 2.75) is 32.1 Å². The van der Waals surface area contributed by atoms with Gasteiger partial charge in [0.1, 0.15) is 6.61 Å². The molecule has 0 bridgehead atoms. The Morgan fingerprint density at radius 2 is 1.96 bits per heavy atom. The molecule has 2 rings (SSSR count). The third kappa shape index (κ3) is 6.92. The van der Waals surface area contributed by atoms with Crippen LogP contribution in [0, 0.1) is 0 Å². The highest BCUT2D eigenvalue weighted by molar-refractivity contribution is 5.80. The minimum absolute atomic E-state index is 0.00243. The zero-order chi connectivity index (χ0) is 18.8. The molecule has 1 aliphatic heterocycles. The van der Waals surface area contributed by atoms with Gasteiger partial charge in [-0.15, -0.1) is 0 Å². The number of carbonyl (C=O) groups is 2. The van der Waals surface area contributed by atoms with Gasteiger partial charge in [0.05, 0.1) is 13.5 Å². The molecule has 0 radical (unpaired) electrons. The third-order valence-electron chi connectivity index (χ3n) is 4.39. The van der Waals surface area contributed by atoms with Gasteiger partial charge < -0.3 is 19.9 Å². The summed E-state index contributed by atoms with van der Waals surface area (Å²) < 4.78 is 11.3. The van der Waals surface area contributed by atoms with E-state index < -0.39 is 5.97 Å². The summed E-state index contributed by atoms with van der Waals surface area (Å²) in [6.45, 7) is 4.31. The molecule has 1 fully saturated rings. The smallest absolute Gasteiger partial charge is 0.303 e. The van der Waals surface area contributed by atoms with E-state index >= 15 is 0 Å². The summed E-state index contributed by atoms with van der Waals surface area (Å²) in [5.41, 5.74) is 1.02. The number of methoxy groups -OCH3 is 1. The summed E-state index contributed by atoms with van der Waals surface area (Å²) in [4.78, 5) is 24.4. The first-order chi connectivity index (χ1) is 12.6. The number of hydrogen-bond donors (Lipinski definition) is 2. The van der Waals surface area contributed by atoms with Crippen LogP contribution in [-0.4, -0.2) is 61.8 Å². The molecule has 0 saturated carbocycles. The molecule has 1 heterocycles. The average molecular weight is 364 g/mol. The largest absolute Gasteiger partial charge is 0.493 e. The highest BCUT2D eigenvalue weighted by Gasteiger charge is 2.12. The SMILES string of the molecule is COc1cc(CCNC(=O)CCC(=O)O)ccc1OCCN1CCCC1. The van der Waals surface area contributed by atoms with Crippen LogP contribution in [0.3, 0.4) is 0 Å². The number of hydrogen-bond acceptors (Lipinski definition) is 5. The van der Waals surface area contributed by atoms with Gasteiger partial charge in [-0.3, -0.25) is 14.5 Å². The van der Waals surface area contributed by atoms with E-state index in [4.69, 9.17) is 14.6 Å². The Bertz CT molecular complexity index is 600. The number of carboxylic acids is 1. The lowest BCUT2D eigenvalue weighted by atomic mass is 10.1. The summed E-state index contributed by atoms with van der Waals surface area (Å²) in [5, 5.41) is 11.3. The van der Waals surface area contributed by atoms with Gasteiger partial charge in [-0.05, 0) is 50.0 Å². The molecule has 1 aromatic carbocycles. The zero-order valence-electron chi connectivity index (χ0n) is 15.3. The summed E-state index contributed by atoms with van der Waals surface area (Å²) in [6, 6.07) is 5.76. The highest BCUT2D eigenvalue weighted by atomic mass is 16.5. The fraction of sp³-hybridized carbons (Fsp3) is 0.579. The van der Waals surface area contributed by atoms with Gasteiger partial charge >= 0.3 is 5.97 Å². The molecular formula is C19H28N2O5. The predicted molar refractivity (Wildman–Crippen MR) is 97.7 cm³/mol. The first-order valence-electron chi connectivity index (χ1n) is 9.09. The van der Waals surface area contributed by atoms with E-state index in [0.717, 1.165) is 30.9 Å². The van der Waals surface area contributed by atoms with Crippen LogP contribution >= 0.6 is 0 Å². The van der Waals surface area contributed by atoms with Crippen molar-refractivity contribution in [3.63, 3.8) is 0 Å². The van der Waals surface area contributed by atoms with Crippen LogP contribution < -0.4 is 14.8 Å². The maximum Gasteiger partial charge on any atom is 0.303 e. The van der Waals surface area contributed by atoms with Crippen molar-refractivity contribution in [3.05, 3.63) is 23.8 Å². The number of nitrogens with zero attached hydrogens (tertiary/aromatic N) is 1. The number of aliphatic carboxylic acids is 1. The third-order valence-corrected chi connectivity index (χ3v) is 4.39. The van der Waals surface area contributed by atoms with Crippen LogP contribution in [0.25, 0.3) is 0 Å². The molecule has 0 aliphatic carbocycles. The van der Waals surface area contributed by atoms with Crippen molar-refractivity contribution in [2.75, 3.05) is 39.9 Å². The Labute approximate surface area is 154 Å². The molecule has 0 aromatic heterocycles. The Balaban J connectivity index is 1.75. The summed E-state index contributed by atoms with van der Waals surface area (Å²) in [7, 11) is 1.61. The zero-order valence-corrected chi connectivity index (χ0v) is 15.3. The van der Waals surface area contributed by atoms with E-state index in [1.54, 1.807) is 7.11 Å². The van der Waals surface area contributed by atoms with E-state index in [2.05, 4.69) is 10.2 Å². The van der Waals surface area contributed by atoms with Gasteiger partial charge in [0.15, 0.2) is 11.5 Å². The van der Waals surface area contributed by atoms with Gasteiger partial charge in [0, 0.05) is 19.5 Å². The number of amides is 1. The molecule has 0 atom stereocenters. The van der Waals surface area contributed by atoms with E-state index in [1.807, 2.05) is 18.2 Å². The Kier molecular flexibility index (Phi) is 8.21. The Hall–Kier alpha value is -2.28. The summed E-state index contributed by atoms with van der Waals surface area (Å²) in [6.07, 6.45) is 3.03. The first kappa shape index (κ1) is 20.0. The fourth-order valence-electron chi connectivity index (χ4n) is 2.93. The molecule has 1 amide bonds. The minimum Gasteiger partial charge on any atom is -0.493 e. The quantitative estimate of drug-likeness (QED) is 0.621. The maximum absolute atomic E-state index is 11.5. The van der Waals surface area contributed by atoms with Crippen LogP contribution in [0.2, 0.25) is 0 Å². The maximum atomic E-state index is 11.5. The normalized spacial score (nSPS) is 14.2. The number of ether oxygens (including phenoxy) is 2. The molecular weight excluding hydrogens is 336 g/mol. The lowest BCUT2D eigenvalue weighted by Gasteiger charge is -2.16. The average Bonchev–Trinajstić information content (AvgIpc) is 3.14. The van der Waals surface area contributed by atoms with E-state index in [1.165, 1.54) is 12.8 Å². The molecule has 144 valence electrons. The lowest BCUT2D eigenvalue weighted by Crippen LogP contribution is -2.26. The number of carboxylic acid groups (broad SMARTS) is 1. The Morgan fingerprint density at radius 1 is 1.19 bits per heavy atom. The molecule has 1 aromatic rings. The fourth-order valence-corrected chi connectivity index (χ4v) is 2.93. The number of rotatable bonds is 11. The van der Waals surface area contributed by atoms with Gasteiger partial charge in [0.2, 0.25) is 5.91 Å². The molecule has 7 nitrogen and oxygen atoms in total. The van der Waals surface area contributed by atoms with E-state index in [9.17, 15) is 9.59 Å². The summed E-state index contributed by atoms with van der Waals surface area (Å²) in [5.74, 6) is 0.188. The van der Waals surface area contributed by atoms with Gasteiger partial charge in [-0.25, -0.2) is 0 Å². The second kappa shape index (κ2) is 10.7. The highest BCUT2D eigenvalue weighted by Crippen LogP contribution is 2.28. The second-order valence-corrected chi connectivity index (χ2v) is 6.38. The molecule has 0 unspecified atom stereocenters. The van der Waals surface area contributed by atoms with Gasteiger partial charge in [-0.1, -0.05) is 6.07 Å². The Morgan fingerprint density at radius 3 is 2.65 bits per heavy atom. The number of nitrogens with one attached hydrogen (secondary N) is 1. The molecule has 1 saturated heterocycles. The number of carbonyl (C=O) groups excluding carboxylic acids is 1. The van der Waals surface area contributed by atoms with Crippen LogP contribution in [0.5, 0.6) is 11.5 Å². The van der Waals surface area contributed by atoms with Crippen LogP contribution in [0.4, 0.5) is 0 Å². The molecule has 0 spiro atoms. The van der Waals surface area contributed by atoms with Crippen LogP contribution in [0.1, 0.15) is 31.2 Å². The standard InChI is InChI=1S/C19H28N2O5/c1-25-17-14-15(8-9-20-18(22)6-7-19(23)24)4-5-16(17)26-13-12-21-10-2-3-11-21/h4-5,14H,2-3,6-13H2,1H3,(H,20,22)(H,23,24). The van der Waals surface area contributed by atoms with Crippen molar-refractivity contribution in [3.8, 4) is 11.5 Å². The first-order valence-corrected chi connectivity index (χ1v) is 9.09. The predicted octanol–water partition coefficient (Wildman–Crippen LogP) is 1.69. The molecule has 1 aliphatic rings.